The highest BCUT2D eigenvalue weighted by molar-refractivity contribution is 14.0. The fourth-order valence-corrected chi connectivity index (χ4v) is 5.11. The number of hydrogen-bond donors (Lipinski definition) is 3. The van der Waals surface area contributed by atoms with Gasteiger partial charge in [0, 0.05) is 37.1 Å². The highest BCUT2D eigenvalue weighted by atomic mass is 127. The van der Waals surface area contributed by atoms with Gasteiger partial charge in [0.25, 0.3) is 0 Å². The van der Waals surface area contributed by atoms with Crippen LogP contribution in [-0.4, -0.2) is 57.8 Å². The summed E-state index contributed by atoms with van der Waals surface area (Å²) < 4.78 is 0. The molecule has 0 radical (unpaired) electrons. The Bertz CT molecular complexity index is 810. The van der Waals surface area contributed by atoms with E-state index in [2.05, 4.69) is 74.9 Å². The maximum atomic E-state index is 5.16. The van der Waals surface area contributed by atoms with E-state index in [1.807, 2.05) is 0 Å². The van der Waals surface area contributed by atoms with Crippen molar-refractivity contribution in [1.82, 2.24) is 30.7 Å². The maximum Gasteiger partial charge on any atom is 0.193 e. The third-order valence-electron chi connectivity index (χ3n) is 6.86. The van der Waals surface area contributed by atoms with E-state index in [1.54, 1.807) is 6.33 Å². The van der Waals surface area contributed by atoms with Crippen molar-refractivity contribution in [3.8, 4) is 0 Å². The smallest absolute Gasteiger partial charge is 0.193 e. The SMILES string of the molecule is CCNC(=NCC1(NC(C)c2ccccc2)CCCC1)N1CCC(c2ncn[nH]2)CC1.I. The molecule has 3 N–H and O–H groups in total. The Morgan fingerprint density at radius 1 is 1.22 bits per heavy atom. The second kappa shape index (κ2) is 12.0. The Labute approximate surface area is 209 Å². The minimum absolute atomic E-state index is 0. The van der Waals surface area contributed by atoms with Gasteiger partial charge in [0.2, 0.25) is 0 Å². The number of guanidine groups is 1. The Hall–Kier alpha value is -1.68. The van der Waals surface area contributed by atoms with Crippen molar-refractivity contribution in [2.75, 3.05) is 26.2 Å². The number of rotatable bonds is 7. The highest BCUT2D eigenvalue weighted by Crippen LogP contribution is 2.33. The van der Waals surface area contributed by atoms with Gasteiger partial charge < -0.3 is 15.5 Å². The topological polar surface area (TPSA) is 81.2 Å². The molecule has 1 saturated carbocycles. The van der Waals surface area contributed by atoms with Gasteiger partial charge in [-0.25, -0.2) is 4.98 Å². The second-order valence-corrected chi connectivity index (χ2v) is 9.07. The van der Waals surface area contributed by atoms with Crippen LogP contribution in [0.4, 0.5) is 0 Å². The average molecular weight is 552 g/mol. The number of halogens is 1. The first kappa shape index (κ1) is 25.0. The Kier molecular flexibility index (Phi) is 9.34. The zero-order chi connectivity index (χ0) is 21.5. The summed E-state index contributed by atoms with van der Waals surface area (Å²) in [5.41, 5.74) is 1.44. The molecule has 2 heterocycles. The van der Waals surface area contributed by atoms with Gasteiger partial charge >= 0.3 is 0 Å². The summed E-state index contributed by atoms with van der Waals surface area (Å²) in [6.07, 6.45) is 8.72. The van der Waals surface area contributed by atoms with Crippen LogP contribution < -0.4 is 10.6 Å². The molecular weight excluding hydrogens is 513 g/mol. The molecule has 1 aliphatic heterocycles. The van der Waals surface area contributed by atoms with Crippen molar-refractivity contribution < 1.29 is 0 Å². The Balaban J connectivity index is 0.00000289. The van der Waals surface area contributed by atoms with Crippen LogP contribution >= 0.6 is 24.0 Å². The normalized spacial score (nSPS) is 20.1. The lowest BCUT2D eigenvalue weighted by molar-refractivity contribution is 0.288. The largest absolute Gasteiger partial charge is 0.357 e. The van der Waals surface area contributed by atoms with Gasteiger partial charge in [0.1, 0.15) is 12.2 Å². The van der Waals surface area contributed by atoms with Crippen LogP contribution in [0.1, 0.15) is 75.7 Å². The Morgan fingerprint density at radius 2 is 1.94 bits per heavy atom. The lowest BCUT2D eigenvalue weighted by Gasteiger charge is -2.36. The molecule has 2 aliphatic rings. The monoisotopic (exact) mass is 551 g/mol. The molecule has 1 atom stereocenters. The summed E-state index contributed by atoms with van der Waals surface area (Å²) in [6.45, 7) is 8.14. The molecule has 2 aromatic rings. The zero-order valence-electron chi connectivity index (χ0n) is 19.4. The van der Waals surface area contributed by atoms with Gasteiger partial charge in [0.15, 0.2) is 5.96 Å². The summed E-state index contributed by atoms with van der Waals surface area (Å²) in [5.74, 6) is 2.54. The Morgan fingerprint density at radius 3 is 2.56 bits per heavy atom. The first-order valence-corrected chi connectivity index (χ1v) is 11.9. The molecule has 4 rings (SSSR count). The molecule has 1 aromatic carbocycles. The lowest BCUT2D eigenvalue weighted by Crippen LogP contribution is -2.49. The number of nitrogens with zero attached hydrogens (tertiary/aromatic N) is 4. The van der Waals surface area contributed by atoms with E-state index in [4.69, 9.17) is 4.99 Å². The molecule has 2 fully saturated rings. The molecule has 1 aromatic heterocycles. The van der Waals surface area contributed by atoms with E-state index >= 15 is 0 Å². The van der Waals surface area contributed by atoms with Crippen LogP contribution in [0.25, 0.3) is 0 Å². The third kappa shape index (κ3) is 6.21. The van der Waals surface area contributed by atoms with Crippen LogP contribution in [0.5, 0.6) is 0 Å². The van der Waals surface area contributed by atoms with Crippen LogP contribution in [0, 0.1) is 0 Å². The number of likely N-dealkylation sites (tertiary alicyclic amines) is 1. The van der Waals surface area contributed by atoms with E-state index < -0.39 is 0 Å². The van der Waals surface area contributed by atoms with Crippen molar-refractivity contribution in [3.63, 3.8) is 0 Å². The lowest BCUT2D eigenvalue weighted by atomic mass is 9.94. The molecule has 176 valence electrons. The number of benzene rings is 1. The molecule has 32 heavy (non-hydrogen) atoms. The first-order chi connectivity index (χ1) is 15.2. The predicted octanol–water partition coefficient (Wildman–Crippen LogP) is 4.23. The van der Waals surface area contributed by atoms with Gasteiger partial charge in [-0.15, -0.1) is 24.0 Å². The van der Waals surface area contributed by atoms with Crippen LogP contribution in [0.15, 0.2) is 41.7 Å². The van der Waals surface area contributed by atoms with Gasteiger partial charge in [-0.1, -0.05) is 43.2 Å². The van der Waals surface area contributed by atoms with Crippen LogP contribution in [-0.2, 0) is 0 Å². The van der Waals surface area contributed by atoms with Gasteiger partial charge in [-0.3, -0.25) is 10.1 Å². The molecule has 1 unspecified atom stereocenters. The predicted molar refractivity (Wildman–Crippen MR) is 141 cm³/mol. The average Bonchev–Trinajstić information content (AvgIpc) is 3.50. The number of piperidine rings is 1. The molecule has 0 spiro atoms. The minimum Gasteiger partial charge on any atom is -0.357 e. The number of aromatic amines is 1. The summed E-state index contributed by atoms with van der Waals surface area (Å²) in [4.78, 5) is 11.9. The molecule has 0 bridgehead atoms. The third-order valence-corrected chi connectivity index (χ3v) is 6.86. The number of hydrogen-bond acceptors (Lipinski definition) is 4. The number of H-pyrrole nitrogens is 1. The van der Waals surface area contributed by atoms with Gasteiger partial charge in [-0.2, -0.15) is 5.10 Å². The zero-order valence-corrected chi connectivity index (χ0v) is 21.7. The summed E-state index contributed by atoms with van der Waals surface area (Å²) in [7, 11) is 0. The first-order valence-electron chi connectivity index (χ1n) is 11.9. The molecule has 1 aliphatic carbocycles. The van der Waals surface area contributed by atoms with Crippen molar-refractivity contribution in [3.05, 3.63) is 48.0 Å². The van der Waals surface area contributed by atoms with Crippen molar-refractivity contribution >= 4 is 29.9 Å². The van der Waals surface area contributed by atoms with Crippen molar-refractivity contribution in [2.24, 2.45) is 4.99 Å². The maximum absolute atomic E-state index is 5.16. The van der Waals surface area contributed by atoms with Crippen molar-refractivity contribution in [2.45, 2.75) is 69.9 Å². The number of aliphatic imine (C=N–C) groups is 1. The second-order valence-electron chi connectivity index (χ2n) is 9.07. The molecular formula is C24H38IN7. The van der Waals surface area contributed by atoms with Crippen LogP contribution in [0.2, 0.25) is 0 Å². The van der Waals surface area contributed by atoms with E-state index in [-0.39, 0.29) is 29.5 Å². The van der Waals surface area contributed by atoms with E-state index in [0.717, 1.165) is 50.8 Å². The van der Waals surface area contributed by atoms with Crippen molar-refractivity contribution in [1.29, 1.82) is 0 Å². The van der Waals surface area contributed by atoms with E-state index in [9.17, 15) is 0 Å². The fraction of sp³-hybridized carbons (Fsp3) is 0.625. The number of aromatic nitrogens is 3. The molecule has 7 nitrogen and oxygen atoms in total. The molecule has 8 heteroatoms. The molecule has 0 amide bonds. The highest BCUT2D eigenvalue weighted by Gasteiger charge is 2.35. The standard InChI is InChI=1S/C24H37N7.HI/c1-3-25-23(31-15-11-21(12-16-31)22-27-18-28-30-22)26-17-24(13-7-8-14-24)29-19(2)20-9-5-4-6-10-20;/h4-6,9-10,18-19,21,29H,3,7-8,11-17H2,1-2H3,(H,25,26)(H,27,28,30);1H. The fourth-order valence-electron chi connectivity index (χ4n) is 5.11. The summed E-state index contributed by atoms with van der Waals surface area (Å²) in [5, 5.41) is 14.6. The van der Waals surface area contributed by atoms with E-state index in [0.29, 0.717) is 12.0 Å². The quantitative estimate of drug-likeness (QED) is 0.273. The minimum atomic E-state index is 0. The van der Waals surface area contributed by atoms with Gasteiger partial charge in [0.05, 0.1) is 6.54 Å². The van der Waals surface area contributed by atoms with E-state index in [1.165, 1.54) is 31.2 Å². The summed E-state index contributed by atoms with van der Waals surface area (Å²) in [6, 6.07) is 11.1. The van der Waals surface area contributed by atoms with Crippen LogP contribution in [0.3, 0.4) is 0 Å². The van der Waals surface area contributed by atoms with Gasteiger partial charge in [-0.05, 0) is 45.1 Å². The number of nitrogens with one attached hydrogen (secondary N) is 3. The summed E-state index contributed by atoms with van der Waals surface area (Å²) >= 11 is 0. The molecule has 1 saturated heterocycles.